The fourth-order valence-corrected chi connectivity index (χ4v) is 5.56. The number of hydrazone groups is 1. The average molecular weight is 491 g/mol. The molecular formula is C28H30N2O4S. The van der Waals surface area contributed by atoms with E-state index in [2.05, 4.69) is 0 Å². The molecule has 1 atom stereocenters. The van der Waals surface area contributed by atoms with E-state index in [1.165, 1.54) is 0 Å². The first kappa shape index (κ1) is 24.7. The first-order valence-corrected chi connectivity index (χ1v) is 13.3. The summed E-state index contributed by atoms with van der Waals surface area (Å²) in [5.41, 5.74) is 4.87. The molecule has 0 unspecified atom stereocenters. The highest BCUT2D eigenvalue weighted by molar-refractivity contribution is 7.89. The quantitative estimate of drug-likeness (QED) is 0.307. The number of esters is 1. The van der Waals surface area contributed by atoms with Crippen molar-refractivity contribution in [1.29, 1.82) is 0 Å². The lowest BCUT2D eigenvalue weighted by Crippen LogP contribution is -2.37. The van der Waals surface area contributed by atoms with Gasteiger partial charge in [-0.3, -0.25) is 4.79 Å². The molecule has 0 saturated carbocycles. The molecule has 0 N–H and O–H groups in total. The fourth-order valence-electron chi connectivity index (χ4n) is 4.16. The number of fused-ring (bicyclic) bond motifs is 1. The van der Waals surface area contributed by atoms with E-state index in [1.54, 1.807) is 24.3 Å². The Morgan fingerprint density at radius 1 is 0.943 bits per heavy atom. The van der Waals surface area contributed by atoms with Crippen molar-refractivity contribution in [2.75, 3.05) is 6.61 Å². The summed E-state index contributed by atoms with van der Waals surface area (Å²) in [6, 6.07) is 21.1. The number of hydrogen-bond acceptors (Lipinski definition) is 5. The van der Waals surface area contributed by atoms with Gasteiger partial charge in [0.1, 0.15) is 6.04 Å². The topological polar surface area (TPSA) is 76.0 Å². The Kier molecular flexibility index (Phi) is 7.36. The Morgan fingerprint density at radius 3 is 2.29 bits per heavy atom. The van der Waals surface area contributed by atoms with E-state index < -0.39 is 22.0 Å². The summed E-state index contributed by atoms with van der Waals surface area (Å²) >= 11 is 0. The fraction of sp³-hybridized carbons (Fsp3) is 0.286. The van der Waals surface area contributed by atoms with Gasteiger partial charge in [0.25, 0.3) is 10.0 Å². The van der Waals surface area contributed by atoms with Crippen LogP contribution < -0.4 is 0 Å². The minimum absolute atomic E-state index is 0.125. The van der Waals surface area contributed by atoms with Gasteiger partial charge in [0.05, 0.1) is 23.6 Å². The summed E-state index contributed by atoms with van der Waals surface area (Å²) in [7, 11) is -4.06. The lowest BCUT2D eigenvalue weighted by Gasteiger charge is -2.34. The van der Waals surface area contributed by atoms with E-state index in [0.717, 1.165) is 45.1 Å². The molecule has 7 heteroatoms. The molecule has 3 aromatic carbocycles. The molecule has 0 aliphatic carbocycles. The molecule has 0 amide bonds. The molecule has 1 aliphatic rings. The third-order valence-electron chi connectivity index (χ3n) is 6.13. The number of hydrogen-bond donors (Lipinski definition) is 0. The van der Waals surface area contributed by atoms with Crippen molar-refractivity contribution in [2.45, 2.75) is 51.0 Å². The molecule has 182 valence electrons. The van der Waals surface area contributed by atoms with Gasteiger partial charge in [0, 0.05) is 11.1 Å². The molecule has 1 aliphatic heterocycles. The first-order chi connectivity index (χ1) is 16.8. The minimum Gasteiger partial charge on any atom is -0.466 e. The van der Waals surface area contributed by atoms with Crippen LogP contribution in [0, 0.1) is 13.8 Å². The van der Waals surface area contributed by atoms with Crippen LogP contribution in [0.15, 0.2) is 82.8 Å². The van der Waals surface area contributed by atoms with Crippen molar-refractivity contribution in [3.8, 4) is 0 Å². The van der Waals surface area contributed by atoms with Gasteiger partial charge in [-0.05, 0) is 43.5 Å². The third kappa shape index (κ3) is 5.15. The highest BCUT2D eigenvalue weighted by atomic mass is 32.2. The minimum atomic E-state index is -4.06. The van der Waals surface area contributed by atoms with E-state index in [1.807, 2.05) is 69.3 Å². The Balaban J connectivity index is 1.86. The Morgan fingerprint density at radius 2 is 1.60 bits per heavy atom. The first-order valence-electron chi connectivity index (χ1n) is 11.8. The standard InChI is InChI=1S/C28H30N2O4S/c1-4-5-18-34-27(31)19-26-24-12-8-9-13-25(24)28(23-11-7-6-10-21(23)3)29-30(26)35(32,33)22-16-14-20(2)15-17-22/h6-17,26H,4-5,18-19H2,1-3H3/t26-/m0/s1. The van der Waals surface area contributed by atoms with Crippen molar-refractivity contribution < 1.29 is 17.9 Å². The molecule has 1 heterocycles. The molecule has 6 nitrogen and oxygen atoms in total. The number of unbranched alkanes of at least 4 members (excludes halogenated alkanes) is 1. The molecule has 35 heavy (non-hydrogen) atoms. The average Bonchev–Trinajstić information content (AvgIpc) is 2.85. The normalized spacial score (nSPS) is 15.3. The lowest BCUT2D eigenvalue weighted by molar-refractivity contribution is -0.144. The lowest BCUT2D eigenvalue weighted by atomic mass is 9.89. The number of sulfonamides is 1. The molecular weight excluding hydrogens is 460 g/mol. The third-order valence-corrected chi connectivity index (χ3v) is 7.82. The SMILES string of the molecule is CCCCOC(=O)C[C@H]1c2ccccc2C(c2ccccc2C)=NN1S(=O)(=O)c1ccc(C)cc1. The number of nitrogens with zero attached hydrogens (tertiary/aromatic N) is 2. The monoisotopic (exact) mass is 490 g/mol. The number of ether oxygens (including phenoxy) is 1. The number of aryl methyl sites for hydroxylation is 2. The van der Waals surface area contributed by atoms with Crippen LogP contribution >= 0.6 is 0 Å². The highest BCUT2D eigenvalue weighted by Gasteiger charge is 2.39. The van der Waals surface area contributed by atoms with Crippen molar-refractivity contribution in [1.82, 2.24) is 4.41 Å². The molecule has 0 radical (unpaired) electrons. The van der Waals surface area contributed by atoms with Crippen molar-refractivity contribution >= 4 is 21.7 Å². The maximum Gasteiger partial charge on any atom is 0.308 e. The molecule has 4 rings (SSSR count). The largest absolute Gasteiger partial charge is 0.466 e. The summed E-state index contributed by atoms with van der Waals surface area (Å²) < 4.78 is 34.3. The molecule has 0 fully saturated rings. The maximum atomic E-state index is 13.9. The van der Waals surface area contributed by atoms with Crippen LogP contribution in [0.2, 0.25) is 0 Å². The summed E-state index contributed by atoms with van der Waals surface area (Å²) in [5.74, 6) is -0.447. The number of carbonyl (C=O) groups is 1. The van der Waals surface area contributed by atoms with Gasteiger partial charge >= 0.3 is 5.97 Å². The summed E-state index contributed by atoms with van der Waals surface area (Å²) in [6.45, 7) is 6.20. The van der Waals surface area contributed by atoms with Crippen molar-refractivity contribution in [3.63, 3.8) is 0 Å². The highest BCUT2D eigenvalue weighted by Crippen LogP contribution is 2.38. The van der Waals surface area contributed by atoms with Crippen LogP contribution in [0.1, 0.15) is 60.0 Å². The van der Waals surface area contributed by atoms with Crippen LogP contribution in [-0.4, -0.2) is 31.1 Å². The summed E-state index contributed by atoms with van der Waals surface area (Å²) in [4.78, 5) is 12.9. The number of rotatable bonds is 8. The van der Waals surface area contributed by atoms with Gasteiger partial charge in [0.15, 0.2) is 0 Å². The molecule has 0 saturated heterocycles. The van der Waals surface area contributed by atoms with Crippen LogP contribution in [0.25, 0.3) is 0 Å². The van der Waals surface area contributed by atoms with Crippen LogP contribution in [-0.2, 0) is 19.6 Å². The Labute approximate surface area is 207 Å². The van der Waals surface area contributed by atoms with Gasteiger partial charge in [0.2, 0.25) is 0 Å². The van der Waals surface area contributed by atoms with E-state index in [0.29, 0.717) is 12.3 Å². The van der Waals surface area contributed by atoms with Crippen LogP contribution in [0.5, 0.6) is 0 Å². The van der Waals surface area contributed by atoms with Crippen molar-refractivity contribution in [2.24, 2.45) is 5.10 Å². The van der Waals surface area contributed by atoms with E-state index in [9.17, 15) is 13.2 Å². The van der Waals surface area contributed by atoms with E-state index in [-0.39, 0.29) is 11.3 Å². The number of carbonyl (C=O) groups excluding carboxylic acids is 1. The van der Waals surface area contributed by atoms with E-state index >= 15 is 0 Å². The maximum absolute atomic E-state index is 13.9. The number of benzene rings is 3. The zero-order valence-electron chi connectivity index (χ0n) is 20.3. The Hall–Kier alpha value is -3.45. The van der Waals surface area contributed by atoms with E-state index in [4.69, 9.17) is 9.84 Å². The van der Waals surface area contributed by atoms with Gasteiger partial charge < -0.3 is 4.74 Å². The van der Waals surface area contributed by atoms with Crippen LogP contribution in [0.3, 0.4) is 0 Å². The predicted molar refractivity (Wildman–Crippen MR) is 137 cm³/mol. The second kappa shape index (κ2) is 10.4. The van der Waals surface area contributed by atoms with Gasteiger partial charge in [-0.25, -0.2) is 0 Å². The second-order valence-electron chi connectivity index (χ2n) is 8.74. The zero-order valence-corrected chi connectivity index (χ0v) is 21.1. The summed E-state index contributed by atoms with van der Waals surface area (Å²) in [6.07, 6.45) is 1.53. The zero-order chi connectivity index (χ0) is 25.0. The van der Waals surface area contributed by atoms with Crippen LogP contribution in [0.4, 0.5) is 0 Å². The predicted octanol–water partition coefficient (Wildman–Crippen LogP) is 5.53. The molecule has 0 bridgehead atoms. The Bertz CT molecular complexity index is 1350. The molecule has 3 aromatic rings. The van der Waals surface area contributed by atoms with Gasteiger partial charge in [-0.15, -0.1) is 0 Å². The smallest absolute Gasteiger partial charge is 0.308 e. The second-order valence-corrected chi connectivity index (χ2v) is 10.5. The summed E-state index contributed by atoms with van der Waals surface area (Å²) in [5, 5.41) is 4.71. The van der Waals surface area contributed by atoms with Crippen molar-refractivity contribution in [3.05, 3.63) is 101 Å². The molecule has 0 aromatic heterocycles. The van der Waals surface area contributed by atoms with Gasteiger partial charge in [-0.1, -0.05) is 79.6 Å². The molecule has 0 spiro atoms. The van der Waals surface area contributed by atoms with Gasteiger partial charge in [-0.2, -0.15) is 17.9 Å².